The average molecular weight is 609 g/mol. The van der Waals surface area contributed by atoms with Crippen molar-refractivity contribution in [1.29, 1.82) is 0 Å². The molecule has 1 saturated carbocycles. The second-order valence-corrected chi connectivity index (χ2v) is 11.6. The number of ketones is 2. The third-order valence-corrected chi connectivity index (χ3v) is 8.32. The van der Waals surface area contributed by atoms with Gasteiger partial charge in [-0.3, -0.25) is 9.59 Å². The van der Waals surface area contributed by atoms with Crippen LogP contribution in [0.3, 0.4) is 0 Å². The second-order valence-electron chi connectivity index (χ2n) is 11.6. The van der Waals surface area contributed by atoms with Gasteiger partial charge in [-0.15, -0.1) is 0 Å². The molecule has 0 bridgehead atoms. The quantitative estimate of drug-likeness (QED) is 0.180. The largest absolute Gasteiger partial charge is 0.368 e. The van der Waals surface area contributed by atoms with Gasteiger partial charge >= 0.3 is 0 Å². The number of Topliss-reactive ketones (excluding diaryl/α,β-unsaturated/α-hetero) is 2. The normalized spacial score (nSPS) is 17.0. The summed E-state index contributed by atoms with van der Waals surface area (Å²) in [6.45, 7) is 11.2. The molecule has 10 nitrogen and oxygen atoms in total. The number of aromatic nitrogens is 4. The maximum absolute atomic E-state index is 13.1. The molecule has 1 fully saturated rings. The summed E-state index contributed by atoms with van der Waals surface area (Å²) in [6.07, 6.45) is 12.5. The van der Waals surface area contributed by atoms with Gasteiger partial charge in [-0.05, 0) is 69.3 Å². The first-order chi connectivity index (χ1) is 21.7. The number of nitrogens with zero attached hydrogens (tertiary/aromatic N) is 8. The number of aryl methyl sites for hydroxylation is 2. The highest BCUT2D eigenvalue weighted by atomic mass is 16.2. The zero-order valence-electron chi connectivity index (χ0n) is 27.0. The van der Waals surface area contributed by atoms with Gasteiger partial charge in [0.15, 0.2) is 11.6 Å². The zero-order valence-corrected chi connectivity index (χ0v) is 27.0. The van der Waals surface area contributed by atoms with Crippen molar-refractivity contribution in [2.45, 2.75) is 40.3 Å². The standard InChI is InChI=1S/C35H44N8O2/c1-6-42(22-20-40-18-16-38(4)25-40)30-12-8-28(9-13-30)36-32-24-33(35(45)27(3)34(32)44)37-29-10-14-31(15-11-29)43(7-2)23-21-41-19-17-39(5)26-41/h8-19,25-27H,6-7,20-24H2,1-5H3/q+2. The van der Waals surface area contributed by atoms with Crippen LogP contribution in [0.15, 0.2) is 96.0 Å². The van der Waals surface area contributed by atoms with Crippen LogP contribution >= 0.6 is 0 Å². The summed E-state index contributed by atoms with van der Waals surface area (Å²) in [5.41, 5.74) is 4.32. The van der Waals surface area contributed by atoms with Gasteiger partial charge in [-0.1, -0.05) is 0 Å². The van der Waals surface area contributed by atoms with Crippen LogP contribution in [0.5, 0.6) is 0 Å². The molecule has 0 atom stereocenters. The molecule has 45 heavy (non-hydrogen) atoms. The molecule has 5 rings (SSSR count). The molecule has 2 aromatic carbocycles. The topological polar surface area (TPSA) is 83.0 Å². The fourth-order valence-electron chi connectivity index (χ4n) is 5.61. The summed E-state index contributed by atoms with van der Waals surface area (Å²) >= 11 is 0. The Balaban J connectivity index is 1.26. The van der Waals surface area contributed by atoms with Gasteiger partial charge in [0.1, 0.15) is 37.9 Å². The highest BCUT2D eigenvalue weighted by Gasteiger charge is 2.35. The Morgan fingerprint density at radius 2 is 1.11 bits per heavy atom. The Hall–Kier alpha value is -4.86. The molecule has 2 heterocycles. The Bertz CT molecular complexity index is 1560. The third kappa shape index (κ3) is 7.81. The Labute approximate surface area is 265 Å². The van der Waals surface area contributed by atoms with Crippen LogP contribution in [0.4, 0.5) is 22.7 Å². The SMILES string of the molecule is CCN(CCn1cc[n+](C)c1)c1ccc(N=C2CC(=Nc3ccc(N(CC)CCn4cc[n+](C)c4)cc3)C(=O)C(C)C2=O)cc1. The van der Waals surface area contributed by atoms with Crippen LogP contribution in [0.2, 0.25) is 0 Å². The lowest BCUT2D eigenvalue weighted by molar-refractivity contribution is -0.671. The fraction of sp³-hybridized carbons (Fsp3) is 0.371. The molecule has 1 aliphatic carbocycles. The number of hydrogen-bond acceptors (Lipinski definition) is 6. The van der Waals surface area contributed by atoms with E-state index in [1.807, 2.05) is 84.2 Å². The number of carbonyl (C=O) groups excluding carboxylic acids is 2. The van der Waals surface area contributed by atoms with Crippen LogP contribution in [0, 0.1) is 5.92 Å². The van der Waals surface area contributed by atoms with Gasteiger partial charge in [0.25, 0.3) is 0 Å². The van der Waals surface area contributed by atoms with E-state index in [1.165, 1.54) is 0 Å². The first kappa shape index (κ1) is 31.6. The van der Waals surface area contributed by atoms with Crippen molar-refractivity contribution < 1.29 is 18.7 Å². The van der Waals surface area contributed by atoms with E-state index in [1.54, 1.807) is 6.92 Å². The number of rotatable bonds is 12. The monoisotopic (exact) mass is 608 g/mol. The molecular formula is C35H44N8O2+2. The molecule has 0 saturated heterocycles. The minimum absolute atomic E-state index is 0.121. The molecular weight excluding hydrogens is 564 g/mol. The van der Waals surface area contributed by atoms with E-state index < -0.39 is 5.92 Å². The van der Waals surface area contributed by atoms with Crippen LogP contribution in [-0.4, -0.2) is 58.3 Å². The second kappa shape index (κ2) is 14.3. The summed E-state index contributed by atoms with van der Waals surface area (Å²) in [6, 6.07) is 15.9. The van der Waals surface area contributed by atoms with E-state index in [2.05, 4.69) is 57.8 Å². The Kier molecular flexibility index (Phi) is 10.0. The molecule has 0 spiro atoms. The predicted molar refractivity (Wildman–Crippen MR) is 178 cm³/mol. The Morgan fingerprint density at radius 3 is 1.44 bits per heavy atom. The highest BCUT2D eigenvalue weighted by molar-refractivity contribution is 6.62. The highest BCUT2D eigenvalue weighted by Crippen LogP contribution is 2.25. The fourth-order valence-corrected chi connectivity index (χ4v) is 5.61. The predicted octanol–water partition coefficient (Wildman–Crippen LogP) is 4.01. The van der Waals surface area contributed by atoms with Gasteiger partial charge in [-0.2, -0.15) is 0 Å². The van der Waals surface area contributed by atoms with Gasteiger partial charge < -0.3 is 9.80 Å². The molecule has 234 valence electrons. The van der Waals surface area contributed by atoms with E-state index in [9.17, 15) is 9.59 Å². The average Bonchev–Trinajstić information content (AvgIpc) is 3.67. The number of aliphatic imine (C=N–C) groups is 2. The van der Waals surface area contributed by atoms with Crippen molar-refractivity contribution in [2.75, 3.05) is 36.0 Å². The van der Waals surface area contributed by atoms with Crippen LogP contribution in [-0.2, 0) is 36.8 Å². The molecule has 0 amide bonds. The van der Waals surface area contributed by atoms with Crippen LogP contribution < -0.4 is 18.9 Å². The lowest BCUT2D eigenvalue weighted by Gasteiger charge is -2.23. The van der Waals surface area contributed by atoms with Gasteiger partial charge in [0, 0.05) is 30.9 Å². The maximum Gasteiger partial charge on any atom is 0.243 e. The van der Waals surface area contributed by atoms with Gasteiger partial charge in [0.05, 0.1) is 55.9 Å². The van der Waals surface area contributed by atoms with Crippen molar-refractivity contribution in [3.63, 3.8) is 0 Å². The lowest BCUT2D eigenvalue weighted by Crippen LogP contribution is -2.40. The van der Waals surface area contributed by atoms with Crippen molar-refractivity contribution in [3.05, 3.63) is 86.0 Å². The summed E-state index contributed by atoms with van der Waals surface area (Å²) < 4.78 is 8.40. The van der Waals surface area contributed by atoms with Crippen LogP contribution in [0.1, 0.15) is 27.2 Å². The van der Waals surface area contributed by atoms with Crippen molar-refractivity contribution >= 4 is 45.7 Å². The first-order valence-corrected chi connectivity index (χ1v) is 15.7. The summed E-state index contributed by atoms with van der Waals surface area (Å²) in [5.74, 6) is -1.27. The molecule has 0 radical (unpaired) electrons. The first-order valence-electron chi connectivity index (χ1n) is 15.7. The molecule has 4 aromatic rings. The lowest BCUT2D eigenvalue weighted by atomic mass is 9.85. The van der Waals surface area contributed by atoms with Crippen molar-refractivity contribution in [1.82, 2.24) is 9.13 Å². The minimum Gasteiger partial charge on any atom is -0.368 e. The molecule has 10 heteroatoms. The van der Waals surface area contributed by atoms with E-state index in [0.29, 0.717) is 22.8 Å². The number of hydrogen-bond donors (Lipinski definition) is 0. The molecule has 2 aromatic heterocycles. The van der Waals surface area contributed by atoms with E-state index in [4.69, 9.17) is 9.98 Å². The van der Waals surface area contributed by atoms with Crippen molar-refractivity contribution in [2.24, 2.45) is 30.0 Å². The molecule has 0 N–H and O–H groups in total. The number of carbonyl (C=O) groups is 2. The molecule has 0 unspecified atom stereocenters. The number of anilines is 2. The van der Waals surface area contributed by atoms with E-state index in [0.717, 1.165) is 50.6 Å². The van der Waals surface area contributed by atoms with Gasteiger partial charge in [-0.25, -0.2) is 28.3 Å². The summed E-state index contributed by atoms with van der Waals surface area (Å²) in [7, 11) is 4.03. The smallest absolute Gasteiger partial charge is 0.243 e. The van der Waals surface area contributed by atoms with Crippen LogP contribution in [0.25, 0.3) is 0 Å². The maximum atomic E-state index is 13.1. The number of imidazole rings is 2. The summed E-state index contributed by atoms with van der Waals surface area (Å²) in [5, 5.41) is 0. The third-order valence-electron chi connectivity index (χ3n) is 8.32. The number of benzene rings is 2. The van der Waals surface area contributed by atoms with E-state index >= 15 is 0 Å². The van der Waals surface area contributed by atoms with E-state index in [-0.39, 0.29) is 18.0 Å². The zero-order chi connectivity index (χ0) is 31.9. The molecule has 1 aliphatic rings. The molecule has 0 aliphatic heterocycles. The number of likely N-dealkylation sites (N-methyl/N-ethyl adjacent to an activating group) is 2. The van der Waals surface area contributed by atoms with Gasteiger partial charge in [0.2, 0.25) is 12.7 Å². The van der Waals surface area contributed by atoms with Crippen molar-refractivity contribution in [3.8, 4) is 0 Å². The Morgan fingerprint density at radius 1 is 0.711 bits per heavy atom. The summed E-state index contributed by atoms with van der Waals surface area (Å²) in [4.78, 5) is 40.1. The minimum atomic E-state index is -0.799.